The quantitative estimate of drug-likeness (QED) is 0.774. The van der Waals surface area contributed by atoms with Gasteiger partial charge in [-0.2, -0.15) is 0 Å². The lowest BCUT2D eigenvalue weighted by molar-refractivity contribution is 0.0926. The van der Waals surface area contributed by atoms with Crippen LogP contribution in [0.5, 0.6) is 0 Å². The van der Waals surface area contributed by atoms with Crippen LogP contribution in [0.15, 0.2) is 42.0 Å². The Bertz CT molecular complexity index is 812. The molecular weight excluding hydrogens is 322 g/mol. The van der Waals surface area contributed by atoms with E-state index < -0.39 is 0 Å². The molecule has 0 saturated heterocycles. The second kappa shape index (κ2) is 6.92. The second-order valence-electron chi connectivity index (χ2n) is 5.97. The van der Waals surface area contributed by atoms with Gasteiger partial charge in [-0.15, -0.1) is 16.4 Å². The van der Waals surface area contributed by atoms with E-state index in [1.165, 1.54) is 11.2 Å². The Labute approximate surface area is 144 Å². The van der Waals surface area contributed by atoms with Crippen LogP contribution in [0.2, 0.25) is 0 Å². The monoisotopic (exact) mass is 341 g/mol. The van der Waals surface area contributed by atoms with E-state index in [2.05, 4.69) is 40.8 Å². The summed E-state index contributed by atoms with van der Waals surface area (Å²) in [6, 6.07) is 9.59. The van der Waals surface area contributed by atoms with E-state index in [4.69, 9.17) is 0 Å². The summed E-state index contributed by atoms with van der Waals surface area (Å²) in [5, 5.41) is 16.3. The van der Waals surface area contributed by atoms with Gasteiger partial charge >= 0.3 is 0 Å². The van der Waals surface area contributed by atoms with E-state index in [0.29, 0.717) is 11.5 Å². The number of aromatic nitrogens is 4. The third-order valence-electron chi connectivity index (χ3n) is 3.86. The lowest BCUT2D eigenvalue weighted by Crippen LogP contribution is -2.31. The molecule has 1 aromatic carbocycles. The SMILES string of the molecule is Cc1cc(C(=O)NC(c2cccs2)C(C)C)ccc1-n1cnnn1. The maximum atomic E-state index is 12.7. The van der Waals surface area contributed by atoms with Crippen molar-refractivity contribution in [1.82, 2.24) is 25.5 Å². The van der Waals surface area contributed by atoms with Gasteiger partial charge in [0, 0.05) is 10.4 Å². The average Bonchev–Trinajstić information content (AvgIpc) is 3.25. The van der Waals surface area contributed by atoms with Gasteiger partial charge in [0.1, 0.15) is 6.33 Å². The number of amides is 1. The fourth-order valence-electron chi connectivity index (χ4n) is 2.58. The third-order valence-corrected chi connectivity index (χ3v) is 4.81. The van der Waals surface area contributed by atoms with Crippen molar-refractivity contribution in [2.75, 3.05) is 0 Å². The molecule has 0 aliphatic heterocycles. The van der Waals surface area contributed by atoms with Crippen molar-refractivity contribution in [3.05, 3.63) is 58.0 Å². The molecule has 24 heavy (non-hydrogen) atoms. The van der Waals surface area contributed by atoms with Crippen LogP contribution in [0.25, 0.3) is 5.69 Å². The molecule has 1 unspecified atom stereocenters. The van der Waals surface area contributed by atoms with Gasteiger partial charge in [-0.05, 0) is 58.5 Å². The van der Waals surface area contributed by atoms with Crippen LogP contribution in [0.1, 0.15) is 40.7 Å². The summed E-state index contributed by atoms with van der Waals surface area (Å²) in [5.41, 5.74) is 2.42. The van der Waals surface area contributed by atoms with Gasteiger partial charge < -0.3 is 5.32 Å². The number of carbonyl (C=O) groups excluding carboxylic acids is 1. The number of nitrogens with one attached hydrogen (secondary N) is 1. The van der Waals surface area contributed by atoms with Crippen molar-refractivity contribution in [3.63, 3.8) is 0 Å². The molecule has 124 valence electrons. The van der Waals surface area contributed by atoms with Crippen molar-refractivity contribution in [2.24, 2.45) is 5.92 Å². The lowest BCUT2D eigenvalue weighted by atomic mass is 10.0. The highest BCUT2D eigenvalue weighted by Gasteiger charge is 2.20. The van der Waals surface area contributed by atoms with Crippen molar-refractivity contribution in [1.29, 1.82) is 0 Å². The molecular formula is C17H19N5OS. The molecule has 6 nitrogen and oxygen atoms in total. The normalized spacial score (nSPS) is 12.3. The first kappa shape index (κ1) is 16.3. The summed E-state index contributed by atoms with van der Waals surface area (Å²) in [7, 11) is 0. The van der Waals surface area contributed by atoms with Crippen LogP contribution < -0.4 is 5.32 Å². The Morgan fingerprint density at radius 3 is 2.71 bits per heavy atom. The van der Waals surface area contributed by atoms with Gasteiger partial charge in [-0.1, -0.05) is 19.9 Å². The van der Waals surface area contributed by atoms with E-state index >= 15 is 0 Å². The summed E-state index contributed by atoms with van der Waals surface area (Å²) in [6.07, 6.45) is 1.54. The standard InChI is InChI=1S/C17H19N5OS/c1-11(2)16(15-5-4-8-24-15)19-17(23)13-6-7-14(12(3)9-13)22-10-18-20-21-22/h4-11,16H,1-3H3,(H,19,23). The molecule has 0 spiro atoms. The molecule has 0 radical (unpaired) electrons. The molecule has 0 aliphatic rings. The maximum absolute atomic E-state index is 12.7. The van der Waals surface area contributed by atoms with Gasteiger partial charge in [-0.3, -0.25) is 4.79 Å². The predicted molar refractivity (Wildman–Crippen MR) is 93.3 cm³/mol. The minimum absolute atomic E-state index is 0.0111. The Morgan fingerprint density at radius 1 is 1.29 bits per heavy atom. The molecule has 0 saturated carbocycles. The van der Waals surface area contributed by atoms with Gasteiger partial charge in [0.05, 0.1) is 11.7 Å². The smallest absolute Gasteiger partial charge is 0.251 e. The average molecular weight is 341 g/mol. The summed E-state index contributed by atoms with van der Waals surface area (Å²) >= 11 is 1.66. The molecule has 2 heterocycles. The van der Waals surface area contributed by atoms with Crippen LogP contribution in [0.4, 0.5) is 0 Å². The molecule has 2 aromatic heterocycles. The zero-order valence-electron chi connectivity index (χ0n) is 13.8. The minimum atomic E-state index is -0.0755. The molecule has 1 amide bonds. The van der Waals surface area contributed by atoms with E-state index in [9.17, 15) is 4.79 Å². The number of benzene rings is 1. The first-order chi connectivity index (χ1) is 11.6. The molecule has 7 heteroatoms. The Balaban J connectivity index is 1.81. The summed E-state index contributed by atoms with van der Waals surface area (Å²) in [6.45, 7) is 6.15. The van der Waals surface area contributed by atoms with E-state index in [0.717, 1.165) is 11.3 Å². The van der Waals surface area contributed by atoms with Crippen molar-refractivity contribution in [3.8, 4) is 5.69 Å². The number of nitrogens with zero attached hydrogens (tertiary/aromatic N) is 4. The van der Waals surface area contributed by atoms with Crippen LogP contribution in [0, 0.1) is 12.8 Å². The lowest BCUT2D eigenvalue weighted by Gasteiger charge is -2.21. The van der Waals surface area contributed by atoms with Crippen LogP contribution in [0.3, 0.4) is 0 Å². The summed E-state index contributed by atoms with van der Waals surface area (Å²) in [5.74, 6) is 0.239. The maximum Gasteiger partial charge on any atom is 0.251 e. The summed E-state index contributed by atoms with van der Waals surface area (Å²) in [4.78, 5) is 13.8. The molecule has 3 rings (SSSR count). The topological polar surface area (TPSA) is 72.7 Å². The first-order valence-corrected chi connectivity index (χ1v) is 8.62. The number of rotatable bonds is 5. The van der Waals surface area contributed by atoms with Crippen molar-refractivity contribution >= 4 is 17.2 Å². The highest BCUT2D eigenvalue weighted by molar-refractivity contribution is 7.10. The first-order valence-electron chi connectivity index (χ1n) is 7.74. The molecule has 3 aromatic rings. The van der Waals surface area contributed by atoms with Gasteiger partial charge in [0.25, 0.3) is 5.91 Å². The number of tetrazole rings is 1. The number of carbonyl (C=O) groups is 1. The fourth-order valence-corrected chi connectivity index (χ4v) is 3.53. The fraction of sp³-hybridized carbons (Fsp3) is 0.294. The van der Waals surface area contributed by atoms with E-state index in [1.54, 1.807) is 22.1 Å². The van der Waals surface area contributed by atoms with E-state index in [-0.39, 0.29) is 11.9 Å². The molecule has 1 N–H and O–H groups in total. The molecule has 0 aliphatic carbocycles. The van der Waals surface area contributed by atoms with Gasteiger partial charge in [-0.25, -0.2) is 4.68 Å². The van der Waals surface area contributed by atoms with Gasteiger partial charge in [0.15, 0.2) is 0 Å². The van der Waals surface area contributed by atoms with Gasteiger partial charge in [0.2, 0.25) is 0 Å². The number of aryl methyl sites for hydroxylation is 1. The molecule has 0 fully saturated rings. The zero-order chi connectivity index (χ0) is 17.1. The number of thiophene rings is 1. The Hall–Kier alpha value is -2.54. The largest absolute Gasteiger partial charge is 0.344 e. The highest BCUT2D eigenvalue weighted by Crippen LogP contribution is 2.26. The Kier molecular flexibility index (Phi) is 4.71. The van der Waals surface area contributed by atoms with Crippen LogP contribution >= 0.6 is 11.3 Å². The van der Waals surface area contributed by atoms with E-state index in [1.807, 2.05) is 30.5 Å². The molecule has 1 atom stereocenters. The van der Waals surface area contributed by atoms with Crippen molar-refractivity contribution in [2.45, 2.75) is 26.8 Å². The molecule has 0 bridgehead atoms. The number of hydrogen-bond acceptors (Lipinski definition) is 5. The predicted octanol–water partition coefficient (Wildman–Crippen LogP) is 3.16. The Morgan fingerprint density at radius 2 is 2.12 bits per heavy atom. The van der Waals surface area contributed by atoms with Crippen LogP contribution in [-0.4, -0.2) is 26.1 Å². The van der Waals surface area contributed by atoms with Crippen molar-refractivity contribution < 1.29 is 4.79 Å². The highest BCUT2D eigenvalue weighted by atomic mass is 32.1. The third kappa shape index (κ3) is 3.35. The van der Waals surface area contributed by atoms with Crippen LogP contribution in [-0.2, 0) is 0 Å². The second-order valence-corrected chi connectivity index (χ2v) is 6.95. The summed E-state index contributed by atoms with van der Waals surface area (Å²) < 4.78 is 1.58. The zero-order valence-corrected chi connectivity index (χ0v) is 14.6. The minimum Gasteiger partial charge on any atom is -0.344 e. The number of hydrogen-bond donors (Lipinski definition) is 1.